The summed E-state index contributed by atoms with van der Waals surface area (Å²) < 4.78 is 13.0. The average Bonchev–Trinajstić information content (AvgIpc) is 2.03. The van der Waals surface area contributed by atoms with Gasteiger partial charge in [-0.1, -0.05) is 17.7 Å². The van der Waals surface area contributed by atoms with Gasteiger partial charge < -0.3 is 4.79 Å². The molecule has 0 aromatic heterocycles. The first-order valence-electron chi connectivity index (χ1n) is 3.19. The largest absolute Gasteiger partial charge is 0.301 e. The van der Waals surface area contributed by atoms with E-state index in [0.717, 1.165) is 6.07 Å². The van der Waals surface area contributed by atoms with Crippen LogP contribution in [0.15, 0.2) is 18.2 Å². The molecule has 0 aliphatic rings. The van der Waals surface area contributed by atoms with E-state index >= 15 is 0 Å². The standard InChI is InChI=1S/C8H5Cl2FO/c9-5-1-2-6(7(10)4-12)8(11)3-5/h1-4,7H. The lowest BCUT2D eigenvalue weighted by Gasteiger charge is -2.03. The maximum Gasteiger partial charge on any atom is 0.142 e. The highest BCUT2D eigenvalue weighted by molar-refractivity contribution is 6.30. The molecule has 0 saturated carbocycles. The van der Waals surface area contributed by atoms with Gasteiger partial charge in [0.2, 0.25) is 0 Å². The Balaban J connectivity index is 3.09. The molecule has 1 aromatic carbocycles. The number of rotatable bonds is 2. The Morgan fingerprint density at radius 2 is 2.17 bits per heavy atom. The summed E-state index contributed by atoms with van der Waals surface area (Å²) in [4.78, 5) is 10.2. The van der Waals surface area contributed by atoms with Gasteiger partial charge in [-0.15, -0.1) is 11.6 Å². The van der Waals surface area contributed by atoms with Crippen LogP contribution in [-0.2, 0) is 4.79 Å². The van der Waals surface area contributed by atoms with Crippen LogP contribution in [0, 0.1) is 5.82 Å². The Bertz CT molecular complexity index is 301. The Morgan fingerprint density at radius 1 is 1.50 bits per heavy atom. The van der Waals surface area contributed by atoms with Gasteiger partial charge in [-0.05, 0) is 12.1 Å². The summed E-state index contributed by atoms with van der Waals surface area (Å²) in [7, 11) is 0. The second kappa shape index (κ2) is 3.87. The van der Waals surface area contributed by atoms with Crippen LogP contribution in [0.4, 0.5) is 4.39 Å². The third-order valence-corrected chi connectivity index (χ3v) is 1.95. The quantitative estimate of drug-likeness (QED) is 0.538. The number of alkyl halides is 1. The molecule has 0 aliphatic heterocycles. The zero-order valence-corrected chi connectivity index (χ0v) is 7.44. The molecule has 1 rings (SSSR count). The molecule has 0 fully saturated rings. The van der Waals surface area contributed by atoms with E-state index in [1.165, 1.54) is 12.1 Å². The minimum Gasteiger partial charge on any atom is -0.301 e. The van der Waals surface area contributed by atoms with Crippen molar-refractivity contribution in [3.05, 3.63) is 34.6 Å². The van der Waals surface area contributed by atoms with Gasteiger partial charge in [0.1, 0.15) is 17.5 Å². The van der Waals surface area contributed by atoms with Crippen molar-refractivity contribution in [1.82, 2.24) is 0 Å². The molecule has 0 aliphatic carbocycles. The van der Waals surface area contributed by atoms with Crippen LogP contribution in [0.1, 0.15) is 10.9 Å². The third kappa shape index (κ3) is 1.96. The molecule has 0 amide bonds. The number of carbonyl (C=O) groups excluding carboxylic acids is 1. The fourth-order valence-corrected chi connectivity index (χ4v) is 1.13. The molecule has 4 heteroatoms. The lowest BCUT2D eigenvalue weighted by molar-refractivity contribution is -0.107. The van der Waals surface area contributed by atoms with Crippen molar-refractivity contribution in [2.75, 3.05) is 0 Å². The first-order chi connectivity index (χ1) is 5.65. The number of aldehydes is 1. The van der Waals surface area contributed by atoms with Crippen LogP contribution in [0.25, 0.3) is 0 Å². The molecule has 1 atom stereocenters. The number of halogens is 3. The molecule has 1 nitrogen and oxygen atoms in total. The van der Waals surface area contributed by atoms with E-state index in [1.54, 1.807) is 0 Å². The van der Waals surface area contributed by atoms with E-state index in [4.69, 9.17) is 23.2 Å². The summed E-state index contributed by atoms with van der Waals surface area (Å²) in [6.45, 7) is 0. The van der Waals surface area contributed by atoms with Gasteiger partial charge in [-0.2, -0.15) is 0 Å². The lowest BCUT2D eigenvalue weighted by Crippen LogP contribution is -1.95. The monoisotopic (exact) mass is 206 g/mol. The van der Waals surface area contributed by atoms with E-state index in [1.807, 2.05) is 0 Å². The van der Waals surface area contributed by atoms with E-state index < -0.39 is 11.2 Å². The highest BCUT2D eigenvalue weighted by Gasteiger charge is 2.11. The van der Waals surface area contributed by atoms with Crippen LogP contribution < -0.4 is 0 Å². The Hall–Kier alpha value is -0.600. The molecular formula is C8H5Cl2FO. The van der Waals surface area contributed by atoms with Gasteiger partial charge in [0, 0.05) is 10.6 Å². The zero-order valence-electron chi connectivity index (χ0n) is 5.93. The normalized spacial score (nSPS) is 12.6. The maximum absolute atomic E-state index is 13.0. The minimum atomic E-state index is -0.942. The van der Waals surface area contributed by atoms with Crippen molar-refractivity contribution in [1.29, 1.82) is 0 Å². The van der Waals surface area contributed by atoms with E-state index in [0.29, 0.717) is 6.29 Å². The highest BCUT2D eigenvalue weighted by Crippen LogP contribution is 2.23. The fraction of sp³-hybridized carbons (Fsp3) is 0.125. The van der Waals surface area contributed by atoms with Crippen LogP contribution in [-0.4, -0.2) is 6.29 Å². The minimum absolute atomic E-state index is 0.149. The number of carbonyl (C=O) groups is 1. The predicted octanol–water partition coefficient (Wildman–Crippen LogP) is 2.96. The fourth-order valence-electron chi connectivity index (χ4n) is 0.798. The van der Waals surface area contributed by atoms with Gasteiger partial charge in [-0.25, -0.2) is 4.39 Å². The summed E-state index contributed by atoms with van der Waals surface area (Å²) in [5.41, 5.74) is 0.149. The first-order valence-corrected chi connectivity index (χ1v) is 4.01. The van der Waals surface area contributed by atoms with E-state index in [2.05, 4.69) is 0 Å². The van der Waals surface area contributed by atoms with Crippen molar-refractivity contribution < 1.29 is 9.18 Å². The Labute approximate surface area is 79.1 Å². The molecule has 0 spiro atoms. The summed E-state index contributed by atoms with van der Waals surface area (Å²) in [5.74, 6) is -0.561. The van der Waals surface area contributed by atoms with Gasteiger partial charge >= 0.3 is 0 Å². The molecule has 64 valence electrons. The van der Waals surface area contributed by atoms with Crippen LogP contribution in [0.2, 0.25) is 5.02 Å². The van der Waals surface area contributed by atoms with E-state index in [9.17, 15) is 9.18 Å². The van der Waals surface area contributed by atoms with Crippen molar-refractivity contribution in [2.45, 2.75) is 5.38 Å². The average molecular weight is 207 g/mol. The van der Waals surface area contributed by atoms with Crippen molar-refractivity contribution in [2.24, 2.45) is 0 Å². The molecule has 1 unspecified atom stereocenters. The van der Waals surface area contributed by atoms with Crippen LogP contribution in [0.3, 0.4) is 0 Å². The Kier molecular flexibility index (Phi) is 3.06. The van der Waals surface area contributed by atoms with E-state index in [-0.39, 0.29) is 10.6 Å². The zero-order chi connectivity index (χ0) is 9.14. The topological polar surface area (TPSA) is 17.1 Å². The molecular weight excluding hydrogens is 202 g/mol. The maximum atomic E-state index is 13.0. The summed E-state index contributed by atoms with van der Waals surface area (Å²) >= 11 is 11.0. The SMILES string of the molecule is O=CC(Cl)c1ccc(Cl)cc1F. The van der Waals surface area contributed by atoms with Crippen molar-refractivity contribution in [3.8, 4) is 0 Å². The summed E-state index contributed by atoms with van der Waals surface area (Å²) in [6, 6.07) is 4.00. The number of hydrogen-bond donors (Lipinski definition) is 0. The number of hydrogen-bond acceptors (Lipinski definition) is 1. The predicted molar refractivity (Wildman–Crippen MR) is 46.1 cm³/mol. The van der Waals surface area contributed by atoms with Crippen molar-refractivity contribution in [3.63, 3.8) is 0 Å². The highest BCUT2D eigenvalue weighted by atomic mass is 35.5. The first kappa shape index (κ1) is 9.49. The lowest BCUT2D eigenvalue weighted by atomic mass is 10.1. The second-order valence-electron chi connectivity index (χ2n) is 2.20. The molecule has 0 heterocycles. The molecule has 0 N–H and O–H groups in total. The number of benzene rings is 1. The van der Waals surface area contributed by atoms with Crippen LogP contribution in [0.5, 0.6) is 0 Å². The summed E-state index contributed by atoms with van der Waals surface area (Å²) in [6.07, 6.45) is 0.466. The Morgan fingerprint density at radius 3 is 2.67 bits per heavy atom. The van der Waals surface area contributed by atoms with Gasteiger partial charge in [0.15, 0.2) is 0 Å². The van der Waals surface area contributed by atoms with Crippen molar-refractivity contribution >= 4 is 29.5 Å². The second-order valence-corrected chi connectivity index (χ2v) is 3.11. The van der Waals surface area contributed by atoms with Gasteiger partial charge in [0.05, 0.1) is 0 Å². The van der Waals surface area contributed by atoms with Gasteiger partial charge in [0.25, 0.3) is 0 Å². The molecule has 0 radical (unpaired) electrons. The van der Waals surface area contributed by atoms with Gasteiger partial charge in [-0.3, -0.25) is 0 Å². The molecule has 1 aromatic rings. The third-order valence-electron chi connectivity index (χ3n) is 1.38. The molecule has 0 bridgehead atoms. The summed E-state index contributed by atoms with van der Waals surface area (Å²) in [5, 5.41) is -0.659. The van der Waals surface area contributed by atoms with Crippen LogP contribution >= 0.6 is 23.2 Å². The smallest absolute Gasteiger partial charge is 0.142 e. The molecule has 0 saturated heterocycles. The molecule has 12 heavy (non-hydrogen) atoms.